The van der Waals surface area contributed by atoms with Crippen molar-refractivity contribution in [1.82, 2.24) is 20.2 Å². The summed E-state index contributed by atoms with van der Waals surface area (Å²) in [6, 6.07) is 6.04. The molecular formula is C14H20BrN5O. The Morgan fingerprint density at radius 3 is 2.81 bits per heavy atom. The number of nitrogens with one attached hydrogen (secondary N) is 1. The van der Waals surface area contributed by atoms with E-state index < -0.39 is 0 Å². The zero-order chi connectivity index (χ0) is 15.4. The number of hydrazine groups is 1. The standard InChI is InChI=1S/C14H20BrN5O/c1-9(2)20-14(17-8-18-20)7-12(19-16)11-5-4-10(15)6-13(11)21-3/h4-6,8-9,12,19H,7,16H2,1-3H3. The fourth-order valence-corrected chi connectivity index (χ4v) is 2.61. The first-order valence-electron chi connectivity index (χ1n) is 6.74. The highest BCUT2D eigenvalue weighted by Gasteiger charge is 2.19. The van der Waals surface area contributed by atoms with Gasteiger partial charge in [-0.2, -0.15) is 5.10 Å². The van der Waals surface area contributed by atoms with Crippen molar-refractivity contribution < 1.29 is 4.74 Å². The third-order valence-corrected chi connectivity index (χ3v) is 3.79. The topological polar surface area (TPSA) is 78.0 Å². The van der Waals surface area contributed by atoms with E-state index in [0.29, 0.717) is 6.42 Å². The van der Waals surface area contributed by atoms with Crippen LogP contribution in [0, 0.1) is 0 Å². The van der Waals surface area contributed by atoms with Crippen molar-refractivity contribution in [2.24, 2.45) is 5.84 Å². The molecule has 3 N–H and O–H groups in total. The van der Waals surface area contributed by atoms with Gasteiger partial charge in [0.1, 0.15) is 17.9 Å². The molecule has 7 heteroatoms. The number of aromatic nitrogens is 3. The smallest absolute Gasteiger partial charge is 0.138 e. The number of ether oxygens (including phenoxy) is 1. The number of methoxy groups -OCH3 is 1. The molecule has 0 saturated heterocycles. The lowest BCUT2D eigenvalue weighted by Crippen LogP contribution is -2.31. The number of halogens is 1. The molecule has 0 saturated carbocycles. The average Bonchev–Trinajstić information content (AvgIpc) is 2.93. The monoisotopic (exact) mass is 353 g/mol. The summed E-state index contributed by atoms with van der Waals surface area (Å²) in [5, 5.41) is 4.25. The molecule has 1 aromatic heterocycles. The molecule has 1 heterocycles. The number of nitrogens with two attached hydrogens (primary N) is 1. The number of rotatable bonds is 6. The van der Waals surface area contributed by atoms with Crippen LogP contribution in [0.5, 0.6) is 5.75 Å². The second kappa shape index (κ2) is 7.02. The Morgan fingerprint density at radius 2 is 2.19 bits per heavy atom. The summed E-state index contributed by atoms with van der Waals surface area (Å²) in [6.07, 6.45) is 2.20. The van der Waals surface area contributed by atoms with Crippen molar-refractivity contribution in [3.05, 3.63) is 40.4 Å². The maximum Gasteiger partial charge on any atom is 0.138 e. The molecule has 0 spiro atoms. The van der Waals surface area contributed by atoms with Gasteiger partial charge in [0, 0.05) is 22.5 Å². The summed E-state index contributed by atoms with van der Waals surface area (Å²) in [6.45, 7) is 4.15. The van der Waals surface area contributed by atoms with Crippen LogP contribution in [-0.4, -0.2) is 21.9 Å². The normalized spacial score (nSPS) is 12.7. The Bertz CT molecular complexity index is 599. The molecule has 1 unspecified atom stereocenters. The molecule has 2 rings (SSSR count). The van der Waals surface area contributed by atoms with Crippen LogP contribution in [-0.2, 0) is 6.42 Å². The average molecular weight is 354 g/mol. The van der Waals surface area contributed by atoms with Gasteiger partial charge in [0.2, 0.25) is 0 Å². The van der Waals surface area contributed by atoms with Crippen molar-refractivity contribution in [3.63, 3.8) is 0 Å². The molecule has 0 radical (unpaired) electrons. The van der Waals surface area contributed by atoms with Crippen LogP contribution in [0.2, 0.25) is 0 Å². The van der Waals surface area contributed by atoms with E-state index >= 15 is 0 Å². The molecule has 2 aromatic rings. The molecule has 0 fully saturated rings. The molecule has 1 atom stereocenters. The van der Waals surface area contributed by atoms with Gasteiger partial charge < -0.3 is 4.74 Å². The van der Waals surface area contributed by atoms with Crippen LogP contribution in [0.4, 0.5) is 0 Å². The lowest BCUT2D eigenvalue weighted by atomic mass is 10.0. The van der Waals surface area contributed by atoms with Crippen LogP contribution in [0.1, 0.15) is 37.3 Å². The molecule has 0 aliphatic rings. The molecule has 1 aromatic carbocycles. The van der Waals surface area contributed by atoms with Gasteiger partial charge in [-0.1, -0.05) is 22.0 Å². The first kappa shape index (κ1) is 15.9. The van der Waals surface area contributed by atoms with E-state index in [-0.39, 0.29) is 12.1 Å². The Hall–Kier alpha value is -1.44. The molecule has 0 bridgehead atoms. The minimum Gasteiger partial charge on any atom is -0.496 e. The van der Waals surface area contributed by atoms with Crippen LogP contribution in [0.15, 0.2) is 29.0 Å². The minimum atomic E-state index is -0.102. The third kappa shape index (κ3) is 3.61. The van der Waals surface area contributed by atoms with E-state index in [2.05, 4.69) is 45.3 Å². The zero-order valence-corrected chi connectivity index (χ0v) is 14.0. The molecule has 0 aliphatic carbocycles. The van der Waals surface area contributed by atoms with E-state index in [4.69, 9.17) is 10.6 Å². The van der Waals surface area contributed by atoms with E-state index in [1.54, 1.807) is 13.4 Å². The first-order chi connectivity index (χ1) is 10.1. The Kier molecular flexibility index (Phi) is 5.33. The van der Waals surface area contributed by atoms with Gasteiger partial charge in [-0.3, -0.25) is 11.3 Å². The van der Waals surface area contributed by atoms with Crippen molar-refractivity contribution in [3.8, 4) is 5.75 Å². The van der Waals surface area contributed by atoms with Gasteiger partial charge in [-0.25, -0.2) is 9.67 Å². The van der Waals surface area contributed by atoms with E-state index in [1.165, 1.54) is 0 Å². The van der Waals surface area contributed by atoms with Gasteiger partial charge in [0.05, 0.1) is 13.2 Å². The van der Waals surface area contributed by atoms with E-state index in [9.17, 15) is 0 Å². The lowest BCUT2D eigenvalue weighted by molar-refractivity contribution is 0.395. The van der Waals surface area contributed by atoms with Gasteiger partial charge in [0.25, 0.3) is 0 Å². The van der Waals surface area contributed by atoms with Crippen LogP contribution >= 0.6 is 15.9 Å². The molecule has 6 nitrogen and oxygen atoms in total. The molecular weight excluding hydrogens is 334 g/mol. The van der Waals surface area contributed by atoms with Crippen LogP contribution < -0.4 is 16.0 Å². The number of hydrogen-bond acceptors (Lipinski definition) is 5. The largest absolute Gasteiger partial charge is 0.496 e. The Labute approximate surface area is 132 Å². The van der Waals surface area contributed by atoms with Gasteiger partial charge in [0.15, 0.2) is 0 Å². The summed E-state index contributed by atoms with van der Waals surface area (Å²) in [4.78, 5) is 4.33. The quantitative estimate of drug-likeness (QED) is 0.615. The fourth-order valence-electron chi connectivity index (χ4n) is 2.27. The first-order valence-corrected chi connectivity index (χ1v) is 7.54. The summed E-state index contributed by atoms with van der Waals surface area (Å²) in [7, 11) is 1.65. The Morgan fingerprint density at radius 1 is 1.43 bits per heavy atom. The molecule has 21 heavy (non-hydrogen) atoms. The summed E-state index contributed by atoms with van der Waals surface area (Å²) in [5.74, 6) is 7.40. The van der Waals surface area contributed by atoms with Gasteiger partial charge in [-0.05, 0) is 26.0 Å². The van der Waals surface area contributed by atoms with Crippen molar-refractivity contribution >= 4 is 15.9 Å². The SMILES string of the molecule is COc1cc(Br)ccc1C(Cc1ncnn1C(C)C)NN. The predicted octanol–water partition coefficient (Wildman–Crippen LogP) is 2.38. The van der Waals surface area contributed by atoms with E-state index in [0.717, 1.165) is 21.6 Å². The predicted molar refractivity (Wildman–Crippen MR) is 84.9 cm³/mol. The second-order valence-corrected chi connectivity index (χ2v) is 5.94. The van der Waals surface area contributed by atoms with Crippen molar-refractivity contribution in [2.45, 2.75) is 32.4 Å². The highest BCUT2D eigenvalue weighted by Crippen LogP contribution is 2.30. The molecule has 114 valence electrons. The van der Waals surface area contributed by atoms with Crippen molar-refractivity contribution in [1.29, 1.82) is 0 Å². The van der Waals surface area contributed by atoms with Crippen LogP contribution in [0.3, 0.4) is 0 Å². The Balaban J connectivity index is 2.30. The molecule has 0 amide bonds. The van der Waals surface area contributed by atoms with Crippen molar-refractivity contribution in [2.75, 3.05) is 7.11 Å². The fraction of sp³-hybridized carbons (Fsp3) is 0.429. The maximum absolute atomic E-state index is 5.73. The lowest BCUT2D eigenvalue weighted by Gasteiger charge is -2.20. The van der Waals surface area contributed by atoms with Gasteiger partial charge in [-0.15, -0.1) is 0 Å². The maximum atomic E-state index is 5.73. The molecule has 0 aliphatic heterocycles. The summed E-state index contributed by atoms with van der Waals surface area (Å²) in [5.41, 5.74) is 3.83. The van der Waals surface area contributed by atoms with E-state index in [1.807, 2.05) is 22.9 Å². The van der Waals surface area contributed by atoms with Gasteiger partial charge >= 0.3 is 0 Å². The summed E-state index contributed by atoms with van der Waals surface area (Å²) < 4.78 is 8.30. The highest BCUT2D eigenvalue weighted by molar-refractivity contribution is 9.10. The zero-order valence-electron chi connectivity index (χ0n) is 12.4. The number of nitrogens with zero attached hydrogens (tertiary/aromatic N) is 3. The number of benzene rings is 1. The van der Waals surface area contributed by atoms with Crippen LogP contribution in [0.25, 0.3) is 0 Å². The number of hydrogen-bond donors (Lipinski definition) is 2. The summed E-state index contributed by atoms with van der Waals surface area (Å²) >= 11 is 3.44. The second-order valence-electron chi connectivity index (χ2n) is 5.02. The third-order valence-electron chi connectivity index (χ3n) is 3.30. The highest BCUT2D eigenvalue weighted by atomic mass is 79.9. The minimum absolute atomic E-state index is 0.102.